The molecule has 1 rings (SSSR count). The zero-order chi connectivity index (χ0) is 10.5. The standard InChI is InChI=1S/C10H21N.C2H6/c1-8(2)10(9(3)4)5-6-11-7-10;1-2/h8-9,11H,5-7H2,1-4H3;1-2H3. The fourth-order valence-corrected chi connectivity index (χ4v) is 2.38. The molecule has 0 bridgehead atoms. The number of nitrogens with one attached hydrogen (secondary N) is 1. The van der Waals surface area contributed by atoms with E-state index in [1.165, 1.54) is 19.5 Å². The first kappa shape index (κ1) is 13.0. The van der Waals surface area contributed by atoms with Crippen LogP contribution in [-0.4, -0.2) is 13.1 Å². The Labute approximate surface area is 84.3 Å². The molecule has 1 aliphatic rings. The van der Waals surface area contributed by atoms with E-state index in [1.54, 1.807) is 0 Å². The Morgan fingerprint density at radius 3 is 1.62 bits per heavy atom. The summed E-state index contributed by atoms with van der Waals surface area (Å²) < 4.78 is 0. The van der Waals surface area contributed by atoms with Crippen molar-refractivity contribution < 1.29 is 0 Å². The van der Waals surface area contributed by atoms with Gasteiger partial charge in [-0.1, -0.05) is 41.5 Å². The third-order valence-electron chi connectivity index (χ3n) is 3.52. The van der Waals surface area contributed by atoms with E-state index in [4.69, 9.17) is 0 Å². The molecule has 0 atom stereocenters. The lowest BCUT2D eigenvalue weighted by Gasteiger charge is -2.36. The molecule has 0 amide bonds. The Balaban J connectivity index is 0.000000671. The van der Waals surface area contributed by atoms with Crippen molar-refractivity contribution in [3.05, 3.63) is 0 Å². The summed E-state index contributed by atoms with van der Waals surface area (Å²) in [7, 11) is 0. The number of hydrogen-bond donors (Lipinski definition) is 1. The maximum Gasteiger partial charge on any atom is 0.00132 e. The van der Waals surface area contributed by atoms with Crippen LogP contribution in [0.1, 0.15) is 48.0 Å². The molecule has 0 spiro atoms. The maximum absolute atomic E-state index is 3.48. The highest BCUT2D eigenvalue weighted by molar-refractivity contribution is 4.92. The summed E-state index contributed by atoms with van der Waals surface area (Å²) in [5.41, 5.74) is 0.583. The van der Waals surface area contributed by atoms with Gasteiger partial charge in [-0.25, -0.2) is 0 Å². The van der Waals surface area contributed by atoms with Crippen molar-refractivity contribution in [2.75, 3.05) is 13.1 Å². The molecule has 1 saturated heterocycles. The SMILES string of the molecule is CC.CC(C)C1(C(C)C)CCNC1. The van der Waals surface area contributed by atoms with Crippen LogP contribution in [0.15, 0.2) is 0 Å². The average Bonchev–Trinajstić information content (AvgIpc) is 2.56. The highest BCUT2D eigenvalue weighted by Crippen LogP contribution is 2.40. The molecule has 0 aromatic rings. The molecule has 0 aliphatic carbocycles. The Morgan fingerprint density at radius 1 is 1.00 bits per heavy atom. The minimum absolute atomic E-state index is 0.583. The summed E-state index contributed by atoms with van der Waals surface area (Å²) in [4.78, 5) is 0. The summed E-state index contributed by atoms with van der Waals surface area (Å²) in [5, 5.41) is 3.48. The topological polar surface area (TPSA) is 12.0 Å². The molecular formula is C12H27N. The molecule has 0 radical (unpaired) electrons. The normalized spacial score (nSPS) is 20.3. The minimum Gasteiger partial charge on any atom is -0.316 e. The van der Waals surface area contributed by atoms with Crippen LogP contribution < -0.4 is 5.32 Å². The van der Waals surface area contributed by atoms with Crippen molar-refractivity contribution in [3.8, 4) is 0 Å². The van der Waals surface area contributed by atoms with E-state index in [0.29, 0.717) is 5.41 Å². The van der Waals surface area contributed by atoms with E-state index in [9.17, 15) is 0 Å². The van der Waals surface area contributed by atoms with E-state index in [2.05, 4.69) is 33.0 Å². The van der Waals surface area contributed by atoms with Gasteiger partial charge in [0, 0.05) is 6.54 Å². The van der Waals surface area contributed by atoms with E-state index in [0.717, 1.165) is 11.8 Å². The van der Waals surface area contributed by atoms with Gasteiger partial charge >= 0.3 is 0 Å². The third-order valence-corrected chi connectivity index (χ3v) is 3.52. The Morgan fingerprint density at radius 2 is 1.46 bits per heavy atom. The summed E-state index contributed by atoms with van der Waals surface area (Å²) in [6.07, 6.45) is 1.36. The van der Waals surface area contributed by atoms with Gasteiger partial charge in [-0.15, -0.1) is 0 Å². The molecule has 1 nitrogen and oxygen atoms in total. The number of hydrogen-bond acceptors (Lipinski definition) is 1. The van der Waals surface area contributed by atoms with Crippen LogP contribution in [0.5, 0.6) is 0 Å². The Hall–Kier alpha value is -0.0400. The van der Waals surface area contributed by atoms with Gasteiger partial charge in [0.1, 0.15) is 0 Å². The van der Waals surface area contributed by atoms with Gasteiger partial charge in [-0.05, 0) is 30.2 Å². The molecular weight excluding hydrogens is 158 g/mol. The van der Waals surface area contributed by atoms with Gasteiger partial charge in [0.15, 0.2) is 0 Å². The third kappa shape index (κ3) is 2.70. The fraction of sp³-hybridized carbons (Fsp3) is 1.00. The first-order chi connectivity index (χ1) is 6.09. The highest BCUT2D eigenvalue weighted by atomic mass is 14.9. The van der Waals surface area contributed by atoms with Gasteiger partial charge in [0.25, 0.3) is 0 Å². The van der Waals surface area contributed by atoms with Crippen LogP contribution in [0, 0.1) is 17.3 Å². The molecule has 0 saturated carbocycles. The van der Waals surface area contributed by atoms with Crippen LogP contribution in [0.2, 0.25) is 0 Å². The molecule has 80 valence electrons. The van der Waals surface area contributed by atoms with E-state index >= 15 is 0 Å². The van der Waals surface area contributed by atoms with Gasteiger partial charge in [-0.3, -0.25) is 0 Å². The predicted octanol–water partition coefficient (Wildman–Crippen LogP) is 3.30. The number of rotatable bonds is 2. The van der Waals surface area contributed by atoms with Crippen LogP contribution in [-0.2, 0) is 0 Å². The first-order valence-corrected chi connectivity index (χ1v) is 5.80. The van der Waals surface area contributed by atoms with Crippen molar-refractivity contribution in [1.82, 2.24) is 5.32 Å². The smallest absolute Gasteiger partial charge is 0.00132 e. The second-order valence-corrected chi connectivity index (χ2v) is 4.47. The molecule has 0 unspecified atom stereocenters. The highest BCUT2D eigenvalue weighted by Gasteiger charge is 2.39. The van der Waals surface area contributed by atoms with Crippen LogP contribution >= 0.6 is 0 Å². The average molecular weight is 185 g/mol. The van der Waals surface area contributed by atoms with Gasteiger partial charge in [-0.2, -0.15) is 0 Å². The van der Waals surface area contributed by atoms with E-state index in [1.807, 2.05) is 13.8 Å². The lowest BCUT2D eigenvalue weighted by molar-refractivity contribution is 0.139. The van der Waals surface area contributed by atoms with E-state index in [-0.39, 0.29) is 0 Å². The Bertz CT molecular complexity index is 111. The van der Waals surface area contributed by atoms with Crippen molar-refractivity contribution in [3.63, 3.8) is 0 Å². The van der Waals surface area contributed by atoms with Gasteiger partial charge < -0.3 is 5.32 Å². The van der Waals surface area contributed by atoms with Crippen molar-refractivity contribution >= 4 is 0 Å². The second-order valence-electron chi connectivity index (χ2n) is 4.47. The van der Waals surface area contributed by atoms with Gasteiger partial charge in [0.2, 0.25) is 0 Å². The monoisotopic (exact) mass is 185 g/mol. The molecule has 1 N–H and O–H groups in total. The second kappa shape index (κ2) is 5.64. The van der Waals surface area contributed by atoms with Crippen LogP contribution in [0.3, 0.4) is 0 Å². The summed E-state index contributed by atoms with van der Waals surface area (Å²) in [6.45, 7) is 15.9. The van der Waals surface area contributed by atoms with E-state index < -0.39 is 0 Å². The molecule has 1 heteroatoms. The minimum atomic E-state index is 0.583. The molecule has 1 heterocycles. The lowest BCUT2D eigenvalue weighted by Crippen LogP contribution is -2.35. The van der Waals surface area contributed by atoms with Crippen molar-refractivity contribution in [2.45, 2.75) is 48.0 Å². The van der Waals surface area contributed by atoms with Gasteiger partial charge in [0.05, 0.1) is 0 Å². The zero-order valence-corrected chi connectivity index (χ0v) is 10.3. The first-order valence-electron chi connectivity index (χ1n) is 5.80. The fourth-order valence-electron chi connectivity index (χ4n) is 2.38. The van der Waals surface area contributed by atoms with Crippen LogP contribution in [0.4, 0.5) is 0 Å². The quantitative estimate of drug-likeness (QED) is 0.696. The maximum atomic E-state index is 3.48. The van der Waals surface area contributed by atoms with Crippen molar-refractivity contribution in [1.29, 1.82) is 0 Å². The lowest BCUT2D eigenvalue weighted by atomic mass is 9.68. The summed E-state index contributed by atoms with van der Waals surface area (Å²) in [6, 6.07) is 0. The zero-order valence-electron chi connectivity index (χ0n) is 10.3. The molecule has 0 aromatic carbocycles. The Kier molecular flexibility index (Phi) is 5.62. The molecule has 1 fully saturated rings. The predicted molar refractivity (Wildman–Crippen MR) is 60.9 cm³/mol. The molecule has 13 heavy (non-hydrogen) atoms. The molecule has 0 aromatic heterocycles. The summed E-state index contributed by atoms with van der Waals surface area (Å²) in [5.74, 6) is 1.63. The summed E-state index contributed by atoms with van der Waals surface area (Å²) >= 11 is 0. The van der Waals surface area contributed by atoms with Crippen LogP contribution in [0.25, 0.3) is 0 Å². The van der Waals surface area contributed by atoms with Crippen molar-refractivity contribution in [2.24, 2.45) is 17.3 Å². The molecule has 1 aliphatic heterocycles. The largest absolute Gasteiger partial charge is 0.316 e.